The predicted molar refractivity (Wildman–Crippen MR) is 95.6 cm³/mol. The first kappa shape index (κ1) is 18.2. The van der Waals surface area contributed by atoms with Crippen LogP contribution in [0.4, 0.5) is 11.5 Å². The molecule has 26 heavy (non-hydrogen) atoms. The third-order valence-electron chi connectivity index (χ3n) is 4.24. The summed E-state index contributed by atoms with van der Waals surface area (Å²) in [6, 6.07) is 1.85. The molecule has 1 aliphatic heterocycles. The molecule has 0 atom stereocenters. The highest BCUT2D eigenvalue weighted by molar-refractivity contribution is 5.64. The Hall–Kier alpha value is -2.59. The average molecular weight is 361 g/mol. The van der Waals surface area contributed by atoms with Crippen molar-refractivity contribution in [2.45, 2.75) is 20.3 Å². The van der Waals surface area contributed by atoms with E-state index in [1.54, 1.807) is 0 Å². The molecule has 2 aromatic heterocycles. The molecule has 0 aromatic carbocycles. The number of aryl methyl sites for hydroxylation is 2. The Morgan fingerprint density at radius 1 is 1.31 bits per heavy atom. The Bertz CT molecular complexity index is 771. The van der Waals surface area contributed by atoms with Crippen molar-refractivity contribution in [3.63, 3.8) is 0 Å². The number of nitrogens with one attached hydrogen (secondary N) is 1. The molecule has 140 valence electrons. The molecule has 3 rings (SSSR count). The van der Waals surface area contributed by atoms with Crippen molar-refractivity contribution in [1.29, 1.82) is 0 Å². The maximum Gasteiger partial charge on any atom is 0.355 e. The summed E-state index contributed by atoms with van der Waals surface area (Å²) in [4.78, 5) is 21.7. The molecule has 1 N–H and O–H groups in total. The van der Waals surface area contributed by atoms with Crippen molar-refractivity contribution < 1.29 is 9.66 Å². The van der Waals surface area contributed by atoms with Crippen molar-refractivity contribution in [2.24, 2.45) is 0 Å². The molecule has 2 aromatic rings. The minimum atomic E-state index is -0.462. The lowest BCUT2D eigenvalue weighted by Gasteiger charge is -2.26. The molecule has 1 saturated heterocycles. The van der Waals surface area contributed by atoms with Crippen molar-refractivity contribution in [3.8, 4) is 5.82 Å². The number of hydrogen-bond acceptors (Lipinski definition) is 8. The van der Waals surface area contributed by atoms with Crippen LogP contribution < -0.4 is 5.32 Å². The van der Waals surface area contributed by atoms with Gasteiger partial charge < -0.3 is 10.1 Å². The molecule has 0 unspecified atom stereocenters. The Labute approximate surface area is 151 Å². The largest absolute Gasteiger partial charge is 0.379 e. The van der Waals surface area contributed by atoms with Gasteiger partial charge in [0, 0.05) is 25.3 Å². The van der Waals surface area contributed by atoms with Crippen LogP contribution in [0.3, 0.4) is 0 Å². The van der Waals surface area contributed by atoms with Crippen LogP contribution in [0.5, 0.6) is 0 Å². The van der Waals surface area contributed by atoms with Crippen LogP contribution in [-0.4, -0.2) is 69.0 Å². The van der Waals surface area contributed by atoms with Crippen molar-refractivity contribution in [1.82, 2.24) is 24.6 Å². The van der Waals surface area contributed by atoms with Crippen molar-refractivity contribution in [3.05, 3.63) is 33.9 Å². The van der Waals surface area contributed by atoms with Crippen molar-refractivity contribution in [2.75, 3.05) is 44.7 Å². The van der Waals surface area contributed by atoms with E-state index >= 15 is 0 Å². The van der Waals surface area contributed by atoms with Gasteiger partial charge in [0.05, 0.1) is 23.8 Å². The van der Waals surface area contributed by atoms with Crippen LogP contribution in [-0.2, 0) is 4.74 Å². The zero-order valence-corrected chi connectivity index (χ0v) is 15.0. The Morgan fingerprint density at radius 2 is 2.08 bits per heavy atom. The van der Waals surface area contributed by atoms with E-state index in [4.69, 9.17) is 4.74 Å². The van der Waals surface area contributed by atoms with Gasteiger partial charge in [-0.3, -0.25) is 15.0 Å². The second kappa shape index (κ2) is 8.19. The molecular formula is C16H23N7O3. The highest BCUT2D eigenvalue weighted by atomic mass is 16.6. The molecule has 0 saturated carbocycles. The van der Waals surface area contributed by atoms with E-state index in [2.05, 4.69) is 25.3 Å². The molecule has 10 nitrogen and oxygen atoms in total. The highest BCUT2D eigenvalue weighted by Crippen LogP contribution is 2.28. The van der Waals surface area contributed by atoms with Crippen LogP contribution in [0.25, 0.3) is 5.82 Å². The van der Waals surface area contributed by atoms with E-state index in [1.165, 1.54) is 11.0 Å². The first-order valence-electron chi connectivity index (χ1n) is 8.63. The van der Waals surface area contributed by atoms with Gasteiger partial charge in [-0.2, -0.15) is 5.10 Å². The van der Waals surface area contributed by atoms with Gasteiger partial charge in [-0.25, -0.2) is 14.6 Å². The number of anilines is 1. The number of morpholine rings is 1. The lowest BCUT2D eigenvalue weighted by molar-refractivity contribution is -0.384. The van der Waals surface area contributed by atoms with Crippen molar-refractivity contribution >= 4 is 11.5 Å². The first-order valence-corrected chi connectivity index (χ1v) is 8.63. The highest BCUT2D eigenvalue weighted by Gasteiger charge is 2.25. The zero-order valence-electron chi connectivity index (χ0n) is 15.0. The molecule has 1 fully saturated rings. The Morgan fingerprint density at radius 3 is 2.73 bits per heavy atom. The first-order chi connectivity index (χ1) is 12.6. The second-order valence-corrected chi connectivity index (χ2v) is 6.22. The minimum Gasteiger partial charge on any atom is -0.379 e. The lowest BCUT2D eigenvalue weighted by atomic mass is 10.3. The smallest absolute Gasteiger partial charge is 0.355 e. The maximum absolute atomic E-state index is 11.6. The molecule has 0 spiro atoms. The van der Waals surface area contributed by atoms with E-state index in [1.807, 2.05) is 19.9 Å². The number of nitrogens with zero attached hydrogens (tertiary/aromatic N) is 6. The zero-order chi connectivity index (χ0) is 18.5. The molecule has 0 bridgehead atoms. The summed E-state index contributed by atoms with van der Waals surface area (Å²) in [6.07, 6.45) is 2.18. The quantitative estimate of drug-likeness (QED) is 0.446. The monoisotopic (exact) mass is 361 g/mol. The van der Waals surface area contributed by atoms with E-state index < -0.39 is 4.92 Å². The van der Waals surface area contributed by atoms with Gasteiger partial charge in [0.15, 0.2) is 0 Å². The predicted octanol–water partition coefficient (Wildman–Crippen LogP) is 1.32. The number of ether oxygens (including phenoxy) is 1. The summed E-state index contributed by atoms with van der Waals surface area (Å²) >= 11 is 0. The van der Waals surface area contributed by atoms with Crippen LogP contribution in [0, 0.1) is 24.0 Å². The molecule has 3 heterocycles. The number of aromatic nitrogens is 4. The number of nitro groups is 1. The molecule has 10 heteroatoms. The van der Waals surface area contributed by atoms with Gasteiger partial charge in [-0.1, -0.05) is 0 Å². The SMILES string of the molecule is Cc1cc(C)n(-c2ncnc(NCCCN3CCOCC3)c2[N+](=O)[O-])n1. The third-order valence-corrected chi connectivity index (χ3v) is 4.24. The van der Waals surface area contributed by atoms with Crippen LogP contribution in [0.1, 0.15) is 17.8 Å². The standard InChI is InChI=1S/C16H23N7O3/c1-12-10-13(2)22(20-12)16-14(23(24)25)15(18-11-19-16)17-4-3-5-21-6-8-26-9-7-21/h10-11H,3-9H2,1-2H3,(H,17,18,19). The summed E-state index contributed by atoms with van der Waals surface area (Å²) in [7, 11) is 0. The molecule has 0 amide bonds. The molecular weight excluding hydrogens is 338 g/mol. The van der Waals surface area contributed by atoms with E-state index in [9.17, 15) is 10.1 Å². The fraction of sp³-hybridized carbons (Fsp3) is 0.562. The number of hydrogen-bond donors (Lipinski definition) is 1. The van der Waals surface area contributed by atoms with Gasteiger partial charge in [-0.05, 0) is 32.9 Å². The van der Waals surface area contributed by atoms with Crippen LogP contribution in [0.15, 0.2) is 12.4 Å². The third kappa shape index (κ3) is 4.14. The molecule has 0 aliphatic carbocycles. The van der Waals surface area contributed by atoms with Gasteiger partial charge >= 0.3 is 5.69 Å². The summed E-state index contributed by atoms with van der Waals surface area (Å²) in [5, 5.41) is 19.0. The summed E-state index contributed by atoms with van der Waals surface area (Å²) in [6.45, 7) is 8.55. The summed E-state index contributed by atoms with van der Waals surface area (Å²) in [5.41, 5.74) is 1.39. The van der Waals surface area contributed by atoms with E-state index in [-0.39, 0.29) is 17.3 Å². The fourth-order valence-electron chi connectivity index (χ4n) is 3.00. The van der Waals surface area contributed by atoms with Crippen LogP contribution in [0.2, 0.25) is 0 Å². The minimum absolute atomic E-state index is 0.162. The van der Waals surface area contributed by atoms with E-state index in [0.717, 1.165) is 50.7 Å². The average Bonchev–Trinajstić information content (AvgIpc) is 2.97. The van der Waals surface area contributed by atoms with Gasteiger partial charge in [0.25, 0.3) is 0 Å². The summed E-state index contributed by atoms with van der Waals surface area (Å²) in [5.74, 6) is 0.390. The summed E-state index contributed by atoms with van der Waals surface area (Å²) < 4.78 is 6.81. The number of rotatable bonds is 7. The molecule has 1 aliphatic rings. The fourth-order valence-corrected chi connectivity index (χ4v) is 3.00. The lowest BCUT2D eigenvalue weighted by Crippen LogP contribution is -2.37. The normalized spacial score (nSPS) is 15.2. The van der Waals surface area contributed by atoms with E-state index in [0.29, 0.717) is 6.54 Å². The van der Waals surface area contributed by atoms with Gasteiger partial charge in [0.1, 0.15) is 6.33 Å². The topological polar surface area (TPSA) is 111 Å². The molecule has 0 radical (unpaired) electrons. The Kier molecular flexibility index (Phi) is 5.74. The van der Waals surface area contributed by atoms with Gasteiger partial charge in [-0.15, -0.1) is 0 Å². The maximum atomic E-state index is 11.6. The van der Waals surface area contributed by atoms with Gasteiger partial charge in [0.2, 0.25) is 11.6 Å². The van der Waals surface area contributed by atoms with Crippen LogP contribution >= 0.6 is 0 Å². The second-order valence-electron chi connectivity index (χ2n) is 6.22. The Balaban J connectivity index is 1.71.